The van der Waals surface area contributed by atoms with Crippen LogP contribution in [0.3, 0.4) is 0 Å². The van der Waals surface area contributed by atoms with Crippen LogP contribution in [0.15, 0.2) is 54.6 Å². The van der Waals surface area contributed by atoms with E-state index >= 15 is 0 Å². The topological polar surface area (TPSA) is 47.6 Å². The lowest BCUT2D eigenvalue weighted by Crippen LogP contribution is -2.08. The first kappa shape index (κ1) is 13.1. The van der Waals surface area contributed by atoms with Crippen LogP contribution in [0.5, 0.6) is 0 Å². The summed E-state index contributed by atoms with van der Waals surface area (Å²) in [6.45, 7) is 0. The minimum absolute atomic E-state index is 0.479. The van der Waals surface area contributed by atoms with Gasteiger partial charge < -0.3 is 0 Å². The molecule has 0 unspecified atom stereocenters. The van der Waals surface area contributed by atoms with E-state index in [1.165, 1.54) is 0 Å². The van der Waals surface area contributed by atoms with Crippen molar-refractivity contribution in [2.75, 3.05) is 0 Å². The van der Waals surface area contributed by atoms with E-state index in [2.05, 4.69) is 12.1 Å². The van der Waals surface area contributed by atoms with Gasteiger partial charge in [-0.2, -0.15) is 10.5 Å². The Morgan fingerprint density at radius 3 is 1.68 bits per heavy atom. The smallest absolute Gasteiger partial charge is 0.0912 e. The fourth-order valence-electron chi connectivity index (χ4n) is 2.01. The molecule has 0 aliphatic heterocycles. The van der Waals surface area contributed by atoms with E-state index in [4.69, 9.17) is 11.6 Å². The molecule has 92 valence electrons. The molecule has 0 bridgehead atoms. The van der Waals surface area contributed by atoms with Gasteiger partial charge in [0, 0.05) is 5.02 Å². The second-order valence-electron chi connectivity index (χ2n) is 4.18. The number of nitriles is 2. The third-order valence-electron chi connectivity index (χ3n) is 3.00. The minimum Gasteiger partial charge on any atom is -0.198 e. The minimum atomic E-state index is -0.496. The molecule has 3 heteroatoms. The highest BCUT2D eigenvalue weighted by molar-refractivity contribution is 6.30. The van der Waals surface area contributed by atoms with E-state index in [0.717, 1.165) is 11.1 Å². The van der Waals surface area contributed by atoms with Crippen LogP contribution < -0.4 is 0 Å². The molecule has 0 heterocycles. The molecule has 0 radical (unpaired) electrons. The summed E-state index contributed by atoms with van der Waals surface area (Å²) in [5, 5.41) is 19.4. The predicted octanol–water partition coefficient (Wildman–Crippen LogP) is 4.25. The van der Waals surface area contributed by atoms with Gasteiger partial charge in [-0.05, 0) is 23.3 Å². The second kappa shape index (κ2) is 6.05. The molecule has 2 atom stereocenters. The summed E-state index contributed by atoms with van der Waals surface area (Å²) < 4.78 is 0. The zero-order valence-electron chi connectivity index (χ0n) is 10.1. The third-order valence-corrected chi connectivity index (χ3v) is 3.25. The lowest BCUT2D eigenvalue weighted by molar-refractivity contribution is 0.761. The summed E-state index contributed by atoms with van der Waals surface area (Å²) in [4.78, 5) is 0. The standard InChI is InChI=1S/C16H11ClN2/c17-14-8-6-13(7-9-14)16(11-19)15(10-18)12-4-2-1-3-5-12/h1-9,15-16H/t15-,16+/m0/s1. The summed E-state index contributed by atoms with van der Waals surface area (Å²) in [7, 11) is 0. The van der Waals surface area contributed by atoms with Crippen LogP contribution in [0, 0.1) is 22.7 Å². The fraction of sp³-hybridized carbons (Fsp3) is 0.125. The molecule has 0 aromatic heterocycles. The molecule has 0 aliphatic rings. The van der Waals surface area contributed by atoms with Crippen LogP contribution in [0.4, 0.5) is 0 Å². The Kier molecular flexibility index (Phi) is 4.18. The molecule has 0 saturated heterocycles. The molecule has 0 N–H and O–H groups in total. The second-order valence-corrected chi connectivity index (χ2v) is 4.61. The van der Waals surface area contributed by atoms with Crippen molar-refractivity contribution < 1.29 is 0 Å². The van der Waals surface area contributed by atoms with Crippen LogP contribution in [-0.4, -0.2) is 0 Å². The highest BCUT2D eigenvalue weighted by Gasteiger charge is 2.24. The number of benzene rings is 2. The Morgan fingerprint density at radius 2 is 1.21 bits per heavy atom. The molecule has 0 aliphatic carbocycles. The van der Waals surface area contributed by atoms with Crippen molar-refractivity contribution in [2.24, 2.45) is 0 Å². The lowest BCUT2D eigenvalue weighted by Gasteiger charge is -2.16. The molecule has 0 spiro atoms. The van der Waals surface area contributed by atoms with Gasteiger partial charge in [0.15, 0.2) is 0 Å². The predicted molar refractivity (Wildman–Crippen MR) is 74.6 cm³/mol. The Bertz CT molecular complexity index is 621. The number of hydrogen-bond acceptors (Lipinski definition) is 2. The van der Waals surface area contributed by atoms with Crippen LogP contribution in [0.1, 0.15) is 23.0 Å². The summed E-state index contributed by atoms with van der Waals surface area (Å²) in [5.74, 6) is -0.975. The van der Waals surface area contributed by atoms with E-state index in [9.17, 15) is 10.5 Å². The fourth-order valence-corrected chi connectivity index (χ4v) is 2.14. The van der Waals surface area contributed by atoms with Gasteiger partial charge in [-0.1, -0.05) is 54.1 Å². The van der Waals surface area contributed by atoms with Crippen molar-refractivity contribution >= 4 is 11.6 Å². The zero-order valence-corrected chi connectivity index (χ0v) is 10.9. The molecular weight excluding hydrogens is 256 g/mol. The molecule has 0 fully saturated rings. The Morgan fingerprint density at radius 1 is 0.737 bits per heavy atom. The van der Waals surface area contributed by atoms with E-state index < -0.39 is 11.8 Å². The first-order valence-electron chi connectivity index (χ1n) is 5.86. The lowest BCUT2D eigenvalue weighted by atomic mass is 9.83. The summed E-state index contributed by atoms with van der Waals surface area (Å²) >= 11 is 5.84. The average molecular weight is 267 g/mol. The molecule has 0 amide bonds. The molecule has 2 aromatic carbocycles. The van der Waals surface area contributed by atoms with Crippen LogP contribution in [-0.2, 0) is 0 Å². The number of nitrogens with zero attached hydrogens (tertiary/aromatic N) is 2. The SMILES string of the molecule is N#C[C@H](c1ccc(Cl)cc1)[C@@H](C#N)c1ccccc1. The largest absolute Gasteiger partial charge is 0.198 e. The molecule has 2 aromatic rings. The summed E-state index contributed by atoms with van der Waals surface area (Å²) in [6, 6.07) is 20.9. The summed E-state index contributed by atoms with van der Waals surface area (Å²) in [6.07, 6.45) is 0. The maximum atomic E-state index is 9.38. The van der Waals surface area contributed by atoms with Crippen molar-refractivity contribution in [3.8, 4) is 12.1 Å². The maximum Gasteiger partial charge on any atom is 0.0912 e. The van der Waals surface area contributed by atoms with E-state index in [0.29, 0.717) is 5.02 Å². The average Bonchev–Trinajstić information content (AvgIpc) is 2.47. The molecule has 2 nitrogen and oxygen atoms in total. The van der Waals surface area contributed by atoms with Gasteiger partial charge in [0.05, 0.1) is 24.0 Å². The normalized spacial score (nSPS) is 13.0. The molecule has 19 heavy (non-hydrogen) atoms. The van der Waals surface area contributed by atoms with Gasteiger partial charge in [-0.3, -0.25) is 0 Å². The molecular formula is C16H11ClN2. The van der Waals surface area contributed by atoms with Gasteiger partial charge in [0.25, 0.3) is 0 Å². The van der Waals surface area contributed by atoms with Crippen LogP contribution in [0.25, 0.3) is 0 Å². The van der Waals surface area contributed by atoms with Gasteiger partial charge in [0.1, 0.15) is 0 Å². The Hall–Kier alpha value is -2.29. The number of halogens is 1. The van der Waals surface area contributed by atoms with E-state index in [1.807, 2.05) is 30.3 Å². The van der Waals surface area contributed by atoms with Gasteiger partial charge in [-0.25, -0.2) is 0 Å². The highest BCUT2D eigenvalue weighted by Crippen LogP contribution is 2.32. The first-order chi connectivity index (χ1) is 9.26. The van der Waals surface area contributed by atoms with E-state index in [-0.39, 0.29) is 0 Å². The monoisotopic (exact) mass is 266 g/mol. The first-order valence-corrected chi connectivity index (χ1v) is 6.23. The van der Waals surface area contributed by atoms with Crippen molar-refractivity contribution in [1.82, 2.24) is 0 Å². The highest BCUT2D eigenvalue weighted by atomic mass is 35.5. The van der Waals surface area contributed by atoms with Crippen molar-refractivity contribution in [3.05, 3.63) is 70.7 Å². The number of hydrogen-bond donors (Lipinski definition) is 0. The summed E-state index contributed by atoms with van der Waals surface area (Å²) in [5.41, 5.74) is 1.66. The van der Waals surface area contributed by atoms with Crippen LogP contribution in [0.2, 0.25) is 5.02 Å². The van der Waals surface area contributed by atoms with Crippen molar-refractivity contribution in [3.63, 3.8) is 0 Å². The van der Waals surface area contributed by atoms with Gasteiger partial charge in [-0.15, -0.1) is 0 Å². The van der Waals surface area contributed by atoms with Gasteiger partial charge >= 0.3 is 0 Å². The van der Waals surface area contributed by atoms with E-state index in [1.54, 1.807) is 24.3 Å². The van der Waals surface area contributed by atoms with Crippen molar-refractivity contribution in [2.45, 2.75) is 11.8 Å². The quantitative estimate of drug-likeness (QED) is 0.833. The Balaban J connectivity index is 2.39. The zero-order chi connectivity index (χ0) is 13.7. The third kappa shape index (κ3) is 2.94. The van der Waals surface area contributed by atoms with Crippen LogP contribution >= 0.6 is 11.6 Å². The molecule has 0 saturated carbocycles. The maximum absolute atomic E-state index is 9.38. The number of rotatable bonds is 3. The van der Waals surface area contributed by atoms with Gasteiger partial charge in [0.2, 0.25) is 0 Å². The van der Waals surface area contributed by atoms with Crippen molar-refractivity contribution in [1.29, 1.82) is 10.5 Å². The molecule has 2 rings (SSSR count). The Labute approximate surface area is 117 Å².